The third-order valence-corrected chi connectivity index (χ3v) is 2.19. The van der Waals surface area contributed by atoms with Crippen molar-refractivity contribution in [1.29, 1.82) is 0 Å². The van der Waals surface area contributed by atoms with Crippen molar-refractivity contribution in [3.05, 3.63) is 41.2 Å². The van der Waals surface area contributed by atoms with Crippen LogP contribution in [0.3, 0.4) is 0 Å². The molecule has 0 aliphatic heterocycles. The fourth-order valence-corrected chi connectivity index (χ4v) is 1.26. The predicted octanol–water partition coefficient (Wildman–Crippen LogP) is 2.95. The zero-order valence-electron chi connectivity index (χ0n) is 9.75. The molecule has 0 aromatic heterocycles. The van der Waals surface area contributed by atoms with Crippen LogP contribution >= 0.6 is 0 Å². The third kappa shape index (κ3) is 3.32. The summed E-state index contributed by atoms with van der Waals surface area (Å²) in [6.07, 6.45) is -2.93. The molecule has 1 aromatic carbocycles. The second-order valence-electron chi connectivity index (χ2n) is 3.76. The minimum absolute atomic E-state index is 0.522. The molecular formula is C12H11F4NO. The molecule has 1 rings (SSSR count). The van der Waals surface area contributed by atoms with Gasteiger partial charge in [-0.2, -0.15) is 13.2 Å². The zero-order chi connectivity index (χ0) is 13.9. The Labute approximate surface area is 102 Å². The Morgan fingerprint density at radius 2 is 1.89 bits per heavy atom. The van der Waals surface area contributed by atoms with Gasteiger partial charge in [-0.05, 0) is 18.2 Å². The molecule has 1 aromatic rings. The lowest BCUT2D eigenvalue weighted by Gasteiger charge is -2.11. The maximum absolute atomic E-state index is 13.4. The van der Waals surface area contributed by atoms with E-state index in [0.29, 0.717) is 0 Å². The Bertz CT molecular complexity index is 477. The molecule has 0 aliphatic rings. The molecule has 0 saturated heterocycles. The van der Waals surface area contributed by atoms with Crippen molar-refractivity contribution in [3.63, 3.8) is 0 Å². The highest BCUT2D eigenvalue weighted by Gasteiger charge is 2.33. The summed E-state index contributed by atoms with van der Waals surface area (Å²) in [6.45, 7) is 0. The predicted molar refractivity (Wildman–Crippen MR) is 59.1 cm³/mol. The van der Waals surface area contributed by atoms with Crippen LogP contribution in [0.4, 0.5) is 17.6 Å². The van der Waals surface area contributed by atoms with Crippen LogP contribution in [0.1, 0.15) is 11.1 Å². The number of rotatable bonds is 2. The van der Waals surface area contributed by atoms with E-state index in [1.54, 1.807) is 0 Å². The fraction of sp³-hybridized carbons (Fsp3) is 0.250. The minimum atomic E-state index is -4.66. The van der Waals surface area contributed by atoms with Crippen LogP contribution in [0.15, 0.2) is 24.3 Å². The number of likely N-dealkylation sites (N-methyl/N-ethyl adjacent to an activating group) is 1. The summed E-state index contributed by atoms with van der Waals surface area (Å²) >= 11 is 0. The van der Waals surface area contributed by atoms with Gasteiger partial charge < -0.3 is 4.90 Å². The van der Waals surface area contributed by atoms with Crippen molar-refractivity contribution >= 4 is 12.0 Å². The van der Waals surface area contributed by atoms with Gasteiger partial charge in [0.05, 0.1) is 5.56 Å². The molecule has 0 radical (unpaired) electrons. The average Bonchev–Trinajstić information content (AvgIpc) is 2.25. The van der Waals surface area contributed by atoms with E-state index >= 15 is 0 Å². The van der Waals surface area contributed by atoms with E-state index < -0.39 is 29.0 Å². The number of hydrogen-bond donors (Lipinski definition) is 0. The van der Waals surface area contributed by atoms with Gasteiger partial charge in [0, 0.05) is 25.7 Å². The summed E-state index contributed by atoms with van der Waals surface area (Å²) in [5.74, 6) is -1.54. The molecule has 0 spiro atoms. The van der Waals surface area contributed by atoms with Crippen LogP contribution in [-0.2, 0) is 11.0 Å². The largest absolute Gasteiger partial charge is 0.417 e. The van der Waals surface area contributed by atoms with Crippen molar-refractivity contribution in [1.82, 2.24) is 4.90 Å². The molecule has 2 nitrogen and oxygen atoms in total. The van der Waals surface area contributed by atoms with Crippen molar-refractivity contribution in [2.24, 2.45) is 0 Å². The monoisotopic (exact) mass is 261 g/mol. The Morgan fingerprint density at radius 1 is 1.28 bits per heavy atom. The first-order chi connectivity index (χ1) is 8.23. The van der Waals surface area contributed by atoms with Gasteiger partial charge in [-0.25, -0.2) is 4.39 Å². The molecule has 18 heavy (non-hydrogen) atoms. The molecular weight excluding hydrogens is 250 g/mol. The highest BCUT2D eigenvalue weighted by molar-refractivity contribution is 5.91. The number of benzene rings is 1. The quantitative estimate of drug-likeness (QED) is 0.592. The highest BCUT2D eigenvalue weighted by atomic mass is 19.4. The van der Waals surface area contributed by atoms with Gasteiger partial charge in [-0.1, -0.05) is 6.07 Å². The second kappa shape index (κ2) is 5.20. The zero-order valence-corrected chi connectivity index (χ0v) is 9.75. The number of carbonyl (C=O) groups is 1. The van der Waals surface area contributed by atoms with Crippen LogP contribution < -0.4 is 0 Å². The average molecular weight is 261 g/mol. The van der Waals surface area contributed by atoms with Gasteiger partial charge in [0.1, 0.15) is 5.82 Å². The van der Waals surface area contributed by atoms with Crippen molar-refractivity contribution in [2.45, 2.75) is 6.18 Å². The van der Waals surface area contributed by atoms with Gasteiger partial charge in [0.25, 0.3) is 0 Å². The van der Waals surface area contributed by atoms with E-state index in [0.717, 1.165) is 30.4 Å². The molecule has 0 unspecified atom stereocenters. The molecule has 0 heterocycles. The lowest BCUT2D eigenvalue weighted by Crippen LogP contribution is -2.18. The molecule has 0 bridgehead atoms. The van der Waals surface area contributed by atoms with E-state index in [4.69, 9.17) is 0 Å². The number of nitrogens with zero attached hydrogens (tertiary/aromatic N) is 1. The van der Waals surface area contributed by atoms with E-state index in [-0.39, 0.29) is 0 Å². The number of halogens is 4. The summed E-state index contributed by atoms with van der Waals surface area (Å²) in [6, 6.07) is 2.65. The van der Waals surface area contributed by atoms with Gasteiger partial charge in [0.15, 0.2) is 0 Å². The first-order valence-corrected chi connectivity index (χ1v) is 4.98. The van der Waals surface area contributed by atoms with Crippen molar-refractivity contribution in [2.75, 3.05) is 14.1 Å². The molecule has 6 heteroatoms. The maximum atomic E-state index is 13.4. The summed E-state index contributed by atoms with van der Waals surface area (Å²) in [7, 11) is 2.89. The topological polar surface area (TPSA) is 20.3 Å². The molecule has 1 amide bonds. The smallest absolute Gasteiger partial charge is 0.345 e. The first kappa shape index (κ1) is 14.2. The molecule has 0 fully saturated rings. The first-order valence-electron chi connectivity index (χ1n) is 4.98. The molecule has 0 atom stereocenters. The Balaban J connectivity index is 3.20. The van der Waals surface area contributed by atoms with Crippen LogP contribution in [-0.4, -0.2) is 24.9 Å². The van der Waals surface area contributed by atoms with Gasteiger partial charge in [-0.3, -0.25) is 4.79 Å². The standard InChI is InChI=1S/C12H11F4NO/c1-17(2)11(18)7-6-8-9(12(14,15)16)4-3-5-10(8)13/h3-7H,1-2H3. The van der Waals surface area contributed by atoms with E-state index in [9.17, 15) is 22.4 Å². The second-order valence-corrected chi connectivity index (χ2v) is 3.76. The number of hydrogen-bond acceptors (Lipinski definition) is 1. The number of carbonyl (C=O) groups excluding carboxylic acids is 1. The van der Waals surface area contributed by atoms with Crippen LogP contribution in [0.2, 0.25) is 0 Å². The summed E-state index contributed by atoms with van der Waals surface area (Å²) in [5.41, 5.74) is -1.74. The maximum Gasteiger partial charge on any atom is 0.417 e. The Hall–Kier alpha value is -1.85. The molecule has 0 N–H and O–H groups in total. The fourth-order valence-electron chi connectivity index (χ4n) is 1.26. The van der Waals surface area contributed by atoms with E-state index in [1.807, 2.05) is 0 Å². The molecule has 98 valence electrons. The van der Waals surface area contributed by atoms with Crippen LogP contribution in [0.5, 0.6) is 0 Å². The Kier molecular flexibility index (Phi) is 4.11. The van der Waals surface area contributed by atoms with Crippen molar-refractivity contribution in [3.8, 4) is 0 Å². The molecule has 0 saturated carbocycles. The van der Waals surface area contributed by atoms with Gasteiger partial charge >= 0.3 is 6.18 Å². The summed E-state index contributed by atoms with van der Waals surface area (Å²) in [5, 5.41) is 0. The summed E-state index contributed by atoms with van der Waals surface area (Å²) in [4.78, 5) is 12.4. The van der Waals surface area contributed by atoms with Gasteiger partial charge in [-0.15, -0.1) is 0 Å². The Morgan fingerprint density at radius 3 is 2.39 bits per heavy atom. The van der Waals surface area contributed by atoms with E-state index in [2.05, 4.69) is 0 Å². The van der Waals surface area contributed by atoms with Crippen LogP contribution in [0, 0.1) is 5.82 Å². The van der Waals surface area contributed by atoms with Crippen LogP contribution in [0.25, 0.3) is 6.08 Å². The molecule has 0 aliphatic carbocycles. The summed E-state index contributed by atoms with van der Waals surface area (Å²) < 4.78 is 51.2. The van der Waals surface area contributed by atoms with Gasteiger partial charge in [0.2, 0.25) is 5.91 Å². The van der Waals surface area contributed by atoms with Crippen molar-refractivity contribution < 1.29 is 22.4 Å². The number of amides is 1. The SMILES string of the molecule is CN(C)C(=O)C=Cc1c(F)cccc1C(F)(F)F. The highest BCUT2D eigenvalue weighted by Crippen LogP contribution is 2.33. The normalized spacial score (nSPS) is 11.9. The minimum Gasteiger partial charge on any atom is -0.345 e. The lowest BCUT2D eigenvalue weighted by molar-refractivity contribution is -0.138. The third-order valence-electron chi connectivity index (χ3n) is 2.19. The van der Waals surface area contributed by atoms with E-state index in [1.165, 1.54) is 19.0 Å². The number of alkyl halides is 3. The lowest BCUT2D eigenvalue weighted by atomic mass is 10.1.